The van der Waals surface area contributed by atoms with Crippen LogP contribution in [0.15, 0.2) is 36.4 Å². The predicted molar refractivity (Wildman–Crippen MR) is 81.3 cm³/mol. The molecule has 3 nitrogen and oxygen atoms in total. The molecule has 0 fully saturated rings. The quantitative estimate of drug-likeness (QED) is 0.905. The van der Waals surface area contributed by atoms with E-state index >= 15 is 0 Å². The molecule has 2 aromatic rings. The third-order valence-corrected chi connectivity index (χ3v) is 3.40. The van der Waals surface area contributed by atoms with Gasteiger partial charge in [-0.3, -0.25) is 0 Å². The molecule has 1 unspecified atom stereocenters. The Morgan fingerprint density at radius 1 is 1.19 bits per heavy atom. The predicted octanol–water partition coefficient (Wildman–Crippen LogP) is 4.09. The summed E-state index contributed by atoms with van der Waals surface area (Å²) in [6.45, 7) is 2.12. The molecule has 112 valence electrons. The molecule has 21 heavy (non-hydrogen) atoms. The second-order valence-electron chi connectivity index (χ2n) is 4.74. The van der Waals surface area contributed by atoms with Crippen LogP contribution in [0.3, 0.4) is 0 Å². The molecule has 0 spiro atoms. The monoisotopic (exact) mass is 309 g/mol. The number of methoxy groups -OCH3 is 1. The number of hydrogen-bond donors (Lipinski definition) is 1. The third-order valence-electron chi connectivity index (χ3n) is 3.09. The summed E-state index contributed by atoms with van der Waals surface area (Å²) < 4.78 is 24.3. The highest BCUT2D eigenvalue weighted by Gasteiger charge is 2.09. The SMILES string of the molecule is COc1cc(C(C)N)ccc1OCc1ccc(Cl)c(F)c1. The van der Waals surface area contributed by atoms with Crippen LogP contribution < -0.4 is 15.2 Å². The molecule has 0 bridgehead atoms. The maximum Gasteiger partial charge on any atom is 0.161 e. The summed E-state index contributed by atoms with van der Waals surface area (Å²) in [5, 5.41) is 0.0950. The maximum atomic E-state index is 13.4. The first-order valence-electron chi connectivity index (χ1n) is 6.51. The van der Waals surface area contributed by atoms with Gasteiger partial charge in [-0.15, -0.1) is 0 Å². The van der Waals surface area contributed by atoms with Gasteiger partial charge in [-0.2, -0.15) is 0 Å². The van der Waals surface area contributed by atoms with Gasteiger partial charge in [-0.25, -0.2) is 4.39 Å². The lowest BCUT2D eigenvalue weighted by atomic mass is 10.1. The van der Waals surface area contributed by atoms with E-state index in [4.69, 9.17) is 26.8 Å². The standard InChI is InChI=1S/C16H17ClFNO2/c1-10(19)12-4-6-15(16(8-12)20-2)21-9-11-3-5-13(17)14(18)7-11/h3-8,10H,9,19H2,1-2H3. The van der Waals surface area contributed by atoms with Crippen molar-refractivity contribution < 1.29 is 13.9 Å². The zero-order valence-corrected chi connectivity index (χ0v) is 12.7. The summed E-state index contributed by atoms with van der Waals surface area (Å²) in [5.74, 6) is 0.716. The molecule has 2 N–H and O–H groups in total. The van der Waals surface area contributed by atoms with Gasteiger partial charge in [-0.05, 0) is 42.3 Å². The van der Waals surface area contributed by atoms with Gasteiger partial charge >= 0.3 is 0 Å². The Morgan fingerprint density at radius 3 is 2.57 bits per heavy atom. The minimum atomic E-state index is -0.461. The number of nitrogens with two attached hydrogens (primary N) is 1. The molecule has 5 heteroatoms. The molecule has 0 saturated heterocycles. The van der Waals surface area contributed by atoms with Crippen molar-refractivity contribution in [1.82, 2.24) is 0 Å². The van der Waals surface area contributed by atoms with E-state index in [1.54, 1.807) is 19.2 Å². The van der Waals surface area contributed by atoms with Gasteiger partial charge < -0.3 is 15.2 Å². The smallest absolute Gasteiger partial charge is 0.161 e. The number of halogens is 2. The first-order chi connectivity index (χ1) is 10.0. The van der Waals surface area contributed by atoms with E-state index in [1.165, 1.54) is 12.1 Å². The van der Waals surface area contributed by atoms with E-state index < -0.39 is 5.82 Å². The van der Waals surface area contributed by atoms with Crippen LogP contribution in [0.25, 0.3) is 0 Å². The highest BCUT2D eigenvalue weighted by atomic mass is 35.5. The Kier molecular flexibility index (Phi) is 5.04. The second kappa shape index (κ2) is 6.78. The molecule has 2 aromatic carbocycles. The van der Waals surface area contributed by atoms with Crippen molar-refractivity contribution in [3.63, 3.8) is 0 Å². The van der Waals surface area contributed by atoms with Gasteiger partial charge in [-0.1, -0.05) is 23.7 Å². The van der Waals surface area contributed by atoms with Crippen molar-refractivity contribution in [2.24, 2.45) is 5.73 Å². The fourth-order valence-electron chi connectivity index (χ4n) is 1.88. The van der Waals surface area contributed by atoms with Crippen molar-refractivity contribution in [3.8, 4) is 11.5 Å². The van der Waals surface area contributed by atoms with Crippen molar-refractivity contribution in [2.45, 2.75) is 19.6 Å². The lowest BCUT2D eigenvalue weighted by Gasteiger charge is -2.13. The number of rotatable bonds is 5. The largest absolute Gasteiger partial charge is 0.493 e. The molecule has 2 rings (SSSR count). The average molecular weight is 310 g/mol. The van der Waals surface area contributed by atoms with Crippen LogP contribution in [0.4, 0.5) is 4.39 Å². The molecular formula is C16H17ClFNO2. The van der Waals surface area contributed by atoms with Crippen LogP contribution in [0.5, 0.6) is 11.5 Å². The normalized spacial score (nSPS) is 12.0. The Hall–Kier alpha value is -1.78. The van der Waals surface area contributed by atoms with Gasteiger partial charge in [0.15, 0.2) is 11.5 Å². The van der Waals surface area contributed by atoms with E-state index in [0.717, 1.165) is 5.56 Å². The molecule has 0 aliphatic carbocycles. The summed E-state index contributed by atoms with van der Waals surface area (Å²) in [4.78, 5) is 0. The summed E-state index contributed by atoms with van der Waals surface area (Å²) in [6, 6.07) is 10.0. The number of ether oxygens (including phenoxy) is 2. The van der Waals surface area contributed by atoms with Crippen LogP contribution in [0.1, 0.15) is 24.1 Å². The molecule has 0 saturated carbocycles. The molecule has 0 heterocycles. The van der Waals surface area contributed by atoms with Crippen LogP contribution in [0.2, 0.25) is 5.02 Å². The minimum Gasteiger partial charge on any atom is -0.493 e. The lowest BCUT2D eigenvalue weighted by molar-refractivity contribution is 0.284. The van der Waals surface area contributed by atoms with E-state index in [9.17, 15) is 4.39 Å². The molecule has 0 aliphatic rings. The van der Waals surface area contributed by atoms with Crippen molar-refractivity contribution >= 4 is 11.6 Å². The van der Waals surface area contributed by atoms with Gasteiger partial charge in [0.2, 0.25) is 0 Å². The van der Waals surface area contributed by atoms with Crippen molar-refractivity contribution in [3.05, 3.63) is 58.4 Å². The molecule has 0 amide bonds. The number of benzene rings is 2. The van der Waals surface area contributed by atoms with E-state index in [-0.39, 0.29) is 17.7 Å². The van der Waals surface area contributed by atoms with Crippen LogP contribution in [-0.4, -0.2) is 7.11 Å². The van der Waals surface area contributed by atoms with Gasteiger partial charge in [0, 0.05) is 6.04 Å². The third kappa shape index (κ3) is 3.86. The zero-order valence-electron chi connectivity index (χ0n) is 11.9. The topological polar surface area (TPSA) is 44.5 Å². The average Bonchev–Trinajstić information content (AvgIpc) is 2.48. The van der Waals surface area contributed by atoms with Gasteiger partial charge in [0.05, 0.1) is 12.1 Å². The van der Waals surface area contributed by atoms with Crippen molar-refractivity contribution in [1.29, 1.82) is 0 Å². The summed E-state index contributed by atoms with van der Waals surface area (Å²) >= 11 is 5.64. The highest BCUT2D eigenvalue weighted by molar-refractivity contribution is 6.30. The van der Waals surface area contributed by atoms with Crippen molar-refractivity contribution in [2.75, 3.05) is 7.11 Å². The summed E-state index contributed by atoms with van der Waals surface area (Å²) in [7, 11) is 1.56. The maximum absolute atomic E-state index is 13.4. The first kappa shape index (κ1) is 15.6. The molecular weight excluding hydrogens is 293 g/mol. The van der Waals surface area contributed by atoms with E-state index in [1.807, 2.05) is 19.1 Å². The van der Waals surface area contributed by atoms with Gasteiger partial charge in [0.1, 0.15) is 12.4 Å². The summed E-state index contributed by atoms with van der Waals surface area (Å²) in [5.41, 5.74) is 7.48. The Bertz CT molecular complexity index is 632. The first-order valence-corrected chi connectivity index (χ1v) is 6.89. The van der Waals surface area contributed by atoms with Crippen LogP contribution in [0, 0.1) is 5.82 Å². The fourth-order valence-corrected chi connectivity index (χ4v) is 1.99. The van der Waals surface area contributed by atoms with Crippen LogP contribution >= 0.6 is 11.6 Å². The fraction of sp³-hybridized carbons (Fsp3) is 0.250. The number of hydrogen-bond acceptors (Lipinski definition) is 3. The second-order valence-corrected chi connectivity index (χ2v) is 5.14. The van der Waals surface area contributed by atoms with Crippen LogP contribution in [-0.2, 0) is 6.61 Å². The van der Waals surface area contributed by atoms with E-state index in [0.29, 0.717) is 17.1 Å². The highest BCUT2D eigenvalue weighted by Crippen LogP contribution is 2.30. The lowest BCUT2D eigenvalue weighted by Crippen LogP contribution is -2.05. The Balaban J connectivity index is 2.13. The summed E-state index contributed by atoms with van der Waals surface area (Å²) in [6.07, 6.45) is 0. The zero-order chi connectivity index (χ0) is 15.4. The Labute approximate surface area is 128 Å². The molecule has 0 aliphatic heterocycles. The van der Waals surface area contributed by atoms with E-state index in [2.05, 4.69) is 0 Å². The molecule has 0 radical (unpaired) electrons. The molecule has 1 atom stereocenters. The Morgan fingerprint density at radius 2 is 1.95 bits per heavy atom. The molecule has 0 aromatic heterocycles. The minimum absolute atomic E-state index is 0.0849. The van der Waals surface area contributed by atoms with Gasteiger partial charge in [0.25, 0.3) is 0 Å².